The molecule has 0 bridgehead atoms. The molecule has 2 aromatic rings. The molecule has 0 unspecified atom stereocenters. The highest BCUT2D eigenvalue weighted by Gasteiger charge is 1.98. The third-order valence-electron chi connectivity index (χ3n) is 2.27. The number of halogens is 1. The van der Waals surface area contributed by atoms with Crippen molar-refractivity contribution in [1.82, 2.24) is 9.97 Å². The van der Waals surface area contributed by atoms with Gasteiger partial charge in [-0.2, -0.15) is 0 Å². The van der Waals surface area contributed by atoms with Gasteiger partial charge in [-0.3, -0.25) is 9.97 Å². The Morgan fingerprint density at radius 1 is 1.18 bits per heavy atom. The molecule has 0 fully saturated rings. The van der Waals surface area contributed by atoms with Gasteiger partial charge in [0, 0.05) is 11.0 Å². The van der Waals surface area contributed by atoms with Crippen molar-refractivity contribution >= 4 is 15.9 Å². The van der Waals surface area contributed by atoms with E-state index in [1.54, 1.807) is 6.20 Å². The molecule has 17 heavy (non-hydrogen) atoms. The van der Waals surface area contributed by atoms with Gasteiger partial charge in [0.25, 0.3) is 0 Å². The molecule has 3 nitrogen and oxygen atoms in total. The van der Waals surface area contributed by atoms with E-state index in [-0.39, 0.29) is 0 Å². The highest BCUT2D eigenvalue weighted by Crippen LogP contribution is 2.12. The van der Waals surface area contributed by atoms with Crippen LogP contribution in [0.15, 0.2) is 36.5 Å². The monoisotopic (exact) mass is 292 g/mol. The molecule has 0 saturated carbocycles. The van der Waals surface area contributed by atoms with E-state index in [1.165, 1.54) is 0 Å². The largest absolute Gasteiger partial charge is 0.486 e. The quantitative estimate of drug-likeness (QED) is 0.812. The fourth-order valence-corrected chi connectivity index (χ4v) is 1.74. The molecule has 0 aliphatic rings. The highest BCUT2D eigenvalue weighted by molar-refractivity contribution is 9.08. The summed E-state index contributed by atoms with van der Waals surface area (Å²) in [6.07, 6.45) is 1.73. The number of ether oxygens (including phenoxy) is 1. The molecule has 0 spiro atoms. The molecule has 2 aromatic heterocycles. The first kappa shape index (κ1) is 12.0. The normalized spacial score (nSPS) is 10.2. The molecule has 0 atom stereocenters. The zero-order valence-corrected chi connectivity index (χ0v) is 11.1. The number of aromatic nitrogens is 2. The summed E-state index contributed by atoms with van der Waals surface area (Å²) in [5, 5.41) is 0.757. The molecule has 4 heteroatoms. The summed E-state index contributed by atoms with van der Waals surface area (Å²) in [7, 11) is 0. The lowest BCUT2D eigenvalue weighted by Crippen LogP contribution is -1.99. The maximum absolute atomic E-state index is 5.61. The molecule has 2 rings (SSSR count). The molecule has 0 aromatic carbocycles. The van der Waals surface area contributed by atoms with Gasteiger partial charge in [0.2, 0.25) is 0 Å². The Hall–Kier alpha value is -1.42. The second-order valence-corrected chi connectivity index (χ2v) is 4.24. The van der Waals surface area contributed by atoms with Gasteiger partial charge in [-0.1, -0.05) is 22.0 Å². The van der Waals surface area contributed by atoms with Gasteiger partial charge in [-0.15, -0.1) is 0 Å². The number of aryl methyl sites for hydroxylation is 1. The molecule has 88 valence electrons. The third-order valence-corrected chi connectivity index (χ3v) is 2.84. The summed E-state index contributed by atoms with van der Waals surface area (Å²) >= 11 is 3.35. The maximum Gasteiger partial charge on any atom is 0.138 e. The van der Waals surface area contributed by atoms with Crippen molar-refractivity contribution in [3.8, 4) is 5.75 Å². The topological polar surface area (TPSA) is 35.0 Å². The van der Waals surface area contributed by atoms with Crippen LogP contribution in [-0.2, 0) is 11.9 Å². The molecule has 2 heterocycles. The highest BCUT2D eigenvalue weighted by atomic mass is 79.9. The predicted molar refractivity (Wildman–Crippen MR) is 70.2 cm³/mol. The smallest absolute Gasteiger partial charge is 0.138 e. The Morgan fingerprint density at radius 2 is 2.06 bits per heavy atom. The fraction of sp³-hybridized carbons (Fsp3) is 0.231. The van der Waals surface area contributed by atoms with Gasteiger partial charge in [-0.25, -0.2) is 0 Å². The van der Waals surface area contributed by atoms with Crippen LogP contribution < -0.4 is 4.74 Å². The minimum absolute atomic E-state index is 0.469. The Labute approximate surface area is 109 Å². The van der Waals surface area contributed by atoms with E-state index in [0.717, 1.165) is 28.2 Å². The summed E-state index contributed by atoms with van der Waals surface area (Å²) in [5.41, 5.74) is 2.92. The van der Waals surface area contributed by atoms with E-state index in [4.69, 9.17) is 4.74 Å². The standard InChI is InChI=1S/C13H13BrN2O/c1-10-3-2-4-12(16-10)9-17-13-6-5-11(7-14)15-8-13/h2-6,8H,7,9H2,1H3. The molecule has 0 aliphatic carbocycles. The molecular weight excluding hydrogens is 280 g/mol. The van der Waals surface area contributed by atoms with E-state index in [2.05, 4.69) is 25.9 Å². The Morgan fingerprint density at radius 3 is 2.71 bits per heavy atom. The summed E-state index contributed by atoms with van der Waals surface area (Å²) < 4.78 is 5.61. The third kappa shape index (κ3) is 3.53. The van der Waals surface area contributed by atoms with Crippen molar-refractivity contribution in [2.45, 2.75) is 18.9 Å². The summed E-state index contributed by atoms with van der Waals surface area (Å²) in [6.45, 7) is 2.44. The van der Waals surface area contributed by atoms with Crippen LogP contribution in [0.25, 0.3) is 0 Å². The van der Waals surface area contributed by atoms with Gasteiger partial charge in [0.05, 0.1) is 17.6 Å². The SMILES string of the molecule is Cc1cccc(COc2ccc(CBr)nc2)n1. The number of nitrogens with zero attached hydrogens (tertiary/aromatic N) is 2. The Balaban J connectivity index is 1.97. The molecular formula is C13H13BrN2O. The van der Waals surface area contributed by atoms with Crippen LogP contribution in [0.1, 0.15) is 17.1 Å². The molecule has 0 radical (unpaired) electrons. The lowest BCUT2D eigenvalue weighted by molar-refractivity contribution is 0.300. The second kappa shape index (κ2) is 5.77. The van der Waals surface area contributed by atoms with Gasteiger partial charge >= 0.3 is 0 Å². The van der Waals surface area contributed by atoms with Crippen LogP contribution in [0, 0.1) is 6.92 Å². The van der Waals surface area contributed by atoms with Gasteiger partial charge in [-0.05, 0) is 31.2 Å². The van der Waals surface area contributed by atoms with Crippen LogP contribution in [0.2, 0.25) is 0 Å². The number of hydrogen-bond donors (Lipinski definition) is 0. The predicted octanol–water partition coefficient (Wildman–Crippen LogP) is 3.26. The maximum atomic E-state index is 5.61. The number of hydrogen-bond acceptors (Lipinski definition) is 3. The van der Waals surface area contributed by atoms with Gasteiger partial charge < -0.3 is 4.74 Å². The zero-order valence-electron chi connectivity index (χ0n) is 9.56. The van der Waals surface area contributed by atoms with E-state index in [9.17, 15) is 0 Å². The second-order valence-electron chi connectivity index (χ2n) is 3.68. The lowest BCUT2D eigenvalue weighted by Gasteiger charge is -2.06. The van der Waals surface area contributed by atoms with Crippen LogP contribution in [-0.4, -0.2) is 9.97 Å². The zero-order chi connectivity index (χ0) is 12.1. The lowest BCUT2D eigenvalue weighted by atomic mass is 10.3. The summed E-state index contributed by atoms with van der Waals surface area (Å²) in [4.78, 5) is 8.60. The number of rotatable bonds is 4. The van der Waals surface area contributed by atoms with Crippen molar-refractivity contribution < 1.29 is 4.74 Å². The summed E-state index contributed by atoms with van der Waals surface area (Å²) in [5.74, 6) is 0.762. The average Bonchev–Trinajstić information content (AvgIpc) is 2.37. The van der Waals surface area contributed by atoms with E-state index < -0.39 is 0 Å². The van der Waals surface area contributed by atoms with Crippen LogP contribution in [0.3, 0.4) is 0 Å². The van der Waals surface area contributed by atoms with Crippen LogP contribution in [0.5, 0.6) is 5.75 Å². The van der Waals surface area contributed by atoms with Crippen molar-refractivity contribution in [2.24, 2.45) is 0 Å². The molecule has 0 aliphatic heterocycles. The van der Waals surface area contributed by atoms with E-state index in [0.29, 0.717) is 6.61 Å². The number of pyridine rings is 2. The van der Waals surface area contributed by atoms with E-state index in [1.807, 2.05) is 37.3 Å². The van der Waals surface area contributed by atoms with Crippen molar-refractivity contribution in [3.63, 3.8) is 0 Å². The Kier molecular flexibility index (Phi) is 4.09. The molecule has 0 N–H and O–H groups in total. The van der Waals surface area contributed by atoms with Crippen molar-refractivity contribution in [2.75, 3.05) is 0 Å². The van der Waals surface area contributed by atoms with Gasteiger partial charge in [0.15, 0.2) is 0 Å². The average molecular weight is 293 g/mol. The van der Waals surface area contributed by atoms with Crippen molar-refractivity contribution in [3.05, 3.63) is 53.6 Å². The minimum Gasteiger partial charge on any atom is -0.486 e. The number of alkyl halides is 1. The first-order chi connectivity index (χ1) is 8.28. The van der Waals surface area contributed by atoms with Crippen molar-refractivity contribution in [1.29, 1.82) is 0 Å². The first-order valence-corrected chi connectivity index (χ1v) is 6.46. The molecule has 0 amide bonds. The van der Waals surface area contributed by atoms with Crippen LogP contribution >= 0.6 is 15.9 Å². The van der Waals surface area contributed by atoms with Gasteiger partial charge in [0.1, 0.15) is 12.4 Å². The van der Waals surface area contributed by atoms with E-state index >= 15 is 0 Å². The first-order valence-electron chi connectivity index (χ1n) is 5.34. The molecule has 0 saturated heterocycles. The minimum atomic E-state index is 0.469. The Bertz CT molecular complexity index is 485. The fourth-order valence-electron chi connectivity index (χ4n) is 1.41. The van der Waals surface area contributed by atoms with Crippen LogP contribution in [0.4, 0.5) is 0 Å². The summed E-state index contributed by atoms with van der Waals surface area (Å²) in [6, 6.07) is 9.75.